The first-order valence-electron chi connectivity index (χ1n) is 5.32. The van der Waals surface area contributed by atoms with Crippen molar-refractivity contribution in [1.82, 2.24) is 0 Å². The molecule has 0 aliphatic carbocycles. The molecule has 1 heterocycles. The van der Waals surface area contributed by atoms with E-state index < -0.39 is 17.0 Å². The summed E-state index contributed by atoms with van der Waals surface area (Å²) in [4.78, 5) is 0. The Bertz CT molecular complexity index is 383. The first-order valence-corrected chi connectivity index (χ1v) is 5.76. The Balaban J connectivity index is 2.17. The zero-order valence-electron chi connectivity index (χ0n) is 8.92. The molecule has 0 radical (unpaired) electrons. The third kappa shape index (κ3) is 2.36. The van der Waals surface area contributed by atoms with Crippen molar-refractivity contribution >= 4 is 11.6 Å². The van der Waals surface area contributed by atoms with E-state index in [9.17, 15) is 8.78 Å². The molecule has 4 heteroatoms. The summed E-state index contributed by atoms with van der Waals surface area (Å²) >= 11 is 6.15. The van der Waals surface area contributed by atoms with Crippen LogP contribution in [0.3, 0.4) is 0 Å². The highest BCUT2D eigenvalue weighted by molar-refractivity contribution is 6.21. The molecule has 1 aliphatic rings. The lowest BCUT2D eigenvalue weighted by atomic mass is 10.0. The van der Waals surface area contributed by atoms with E-state index in [0.717, 1.165) is 18.9 Å². The summed E-state index contributed by atoms with van der Waals surface area (Å²) in [5.74, 6) is -1.20. The van der Waals surface area contributed by atoms with Crippen molar-refractivity contribution in [3.05, 3.63) is 35.4 Å². The molecule has 0 bridgehead atoms. The maximum absolute atomic E-state index is 13.5. The van der Waals surface area contributed by atoms with Crippen LogP contribution in [0.5, 0.6) is 0 Å². The fourth-order valence-corrected chi connectivity index (χ4v) is 2.34. The third-order valence-corrected chi connectivity index (χ3v) is 3.37. The van der Waals surface area contributed by atoms with Crippen molar-refractivity contribution in [3.8, 4) is 0 Å². The van der Waals surface area contributed by atoms with E-state index in [1.54, 1.807) is 0 Å². The largest absolute Gasteiger partial charge is 0.373 e. The summed E-state index contributed by atoms with van der Waals surface area (Å²) < 4.78 is 31.8. The predicted molar refractivity (Wildman–Crippen MR) is 58.5 cm³/mol. The molecule has 88 valence electrons. The van der Waals surface area contributed by atoms with Gasteiger partial charge in [-0.05, 0) is 25.8 Å². The summed E-state index contributed by atoms with van der Waals surface area (Å²) in [5, 5.41) is -0.550. The number of alkyl halides is 1. The third-order valence-electron chi connectivity index (χ3n) is 2.85. The molecule has 1 fully saturated rings. The van der Waals surface area contributed by atoms with Crippen molar-refractivity contribution in [1.29, 1.82) is 0 Å². The van der Waals surface area contributed by atoms with E-state index in [1.165, 1.54) is 12.1 Å². The van der Waals surface area contributed by atoms with Crippen LogP contribution in [0.4, 0.5) is 8.78 Å². The molecular formula is C12H13ClF2O. The molecule has 0 aromatic heterocycles. The lowest BCUT2D eigenvalue weighted by Gasteiger charge is -2.18. The molecule has 16 heavy (non-hydrogen) atoms. The van der Waals surface area contributed by atoms with Crippen molar-refractivity contribution in [3.63, 3.8) is 0 Å². The molecule has 1 saturated heterocycles. The zero-order chi connectivity index (χ0) is 11.7. The second-order valence-corrected chi connectivity index (χ2v) is 4.60. The maximum atomic E-state index is 13.5. The van der Waals surface area contributed by atoms with Gasteiger partial charge in [0.05, 0.1) is 17.6 Å². The van der Waals surface area contributed by atoms with Crippen LogP contribution in [0.1, 0.15) is 30.7 Å². The molecule has 3 unspecified atom stereocenters. The van der Waals surface area contributed by atoms with Crippen LogP contribution in [0.25, 0.3) is 0 Å². The summed E-state index contributed by atoms with van der Waals surface area (Å²) in [6.07, 6.45) is 1.72. The summed E-state index contributed by atoms with van der Waals surface area (Å²) in [6.45, 7) is 1.96. The predicted octanol–water partition coefficient (Wildman–Crippen LogP) is 3.81. The number of hydrogen-bond acceptors (Lipinski definition) is 1. The first-order chi connectivity index (χ1) is 7.58. The van der Waals surface area contributed by atoms with Gasteiger partial charge in [-0.3, -0.25) is 0 Å². The molecule has 1 aromatic rings. The Morgan fingerprint density at radius 3 is 2.69 bits per heavy atom. The van der Waals surface area contributed by atoms with Crippen LogP contribution in [0.2, 0.25) is 0 Å². The van der Waals surface area contributed by atoms with Crippen LogP contribution < -0.4 is 0 Å². The quantitative estimate of drug-likeness (QED) is 0.721. The monoisotopic (exact) mass is 246 g/mol. The molecule has 0 amide bonds. The minimum Gasteiger partial charge on any atom is -0.373 e. The highest BCUT2D eigenvalue weighted by Crippen LogP contribution is 2.35. The zero-order valence-corrected chi connectivity index (χ0v) is 9.68. The Hall–Kier alpha value is -0.670. The van der Waals surface area contributed by atoms with Gasteiger partial charge in [-0.25, -0.2) is 8.78 Å². The van der Waals surface area contributed by atoms with Gasteiger partial charge in [0.1, 0.15) is 11.6 Å². The molecular weight excluding hydrogens is 234 g/mol. The lowest BCUT2D eigenvalue weighted by molar-refractivity contribution is 0.0528. The Morgan fingerprint density at radius 2 is 2.12 bits per heavy atom. The highest BCUT2D eigenvalue weighted by atomic mass is 35.5. The van der Waals surface area contributed by atoms with Crippen LogP contribution >= 0.6 is 11.6 Å². The van der Waals surface area contributed by atoms with Crippen LogP contribution in [-0.2, 0) is 4.74 Å². The van der Waals surface area contributed by atoms with Gasteiger partial charge in [-0.2, -0.15) is 0 Å². The molecule has 0 spiro atoms. The SMILES string of the molecule is CC1CCC(C(Cl)c2ccc(F)cc2F)O1. The van der Waals surface area contributed by atoms with Gasteiger partial charge < -0.3 is 4.74 Å². The van der Waals surface area contributed by atoms with Crippen LogP contribution in [0.15, 0.2) is 18.2 Å². The number of benzene rings is 1. The van der Waals surface area contributed by atoms with Crippen molar-refractivity contribution in [2.45, 2.75) is 37.4 Å². The second kappa shape index (κ2) is 4.68. The average Bonchev–Trinajstić information content (AvgIpc) is 2.64. The Kier molecular flexibility index (Phi) is 3.45. The van der Waals surface area contributed by atoms with Crippen LogP contribution in [-0.4, -0.2) is 12.2 Å². The average molecular weight is 247 g/mol. The fraction of sp³-hybridized carbons (Fsp3) is 0.500. The van der Waals surface area contributed by atoms with E-state index in [0.29, 0.717) is 5.56 Å². The standard InChI is InChI=1S/C12H13ClF2O/c1-7-2-5-11(16-7)12(13)9-4-3-8(14)6-10(9)15/h3-4,6-7,11-12H,2,5H2,1H3. The van der Waals surface area contributed by atoms with E-state index in [-0.39, 0.29) is 12.2 Å². The molecule has 3 atom stereocenters. The van der Waals surface area contributed by atoms with Crippen LogP contribution in [0, 0.1) is 11.6 Å². The molecule has 2 rings (SSSR count). The molecule has 0 saturated carbocycles. The van der Waals surface area contributed by atoms with Gasteiger partial charge in [-0.15, -0.1) is 11.6 Å². The molecule has 0 N–H and O–H groups in total. The molecule has 1 aromatic carbocycles. The number of halogens is 3. The minimum absolute atomic E-state index is 0.162. The summed E-state index contributed by atoms with van der Waals surface area (Å²) in [5.41, 5.74) is 0.308. The van der Waals surface area contributed by atoms with Crippen molar-refractivity contribution in [2.24, 2.45) is 0 Å². The van der Waals surface area contributed by atoms with Gasteiger partial charge in [0.2, 0.25) is 0 Å². The molecule has 1 aliphatic heterocycles. The minimum atomic E-state index is -0.608. The highest BCUT2D eigenvalue weighted by Gasteiger charge is 2.30. The smallest absolute Gasteiger partial charge is 0.130 e. The topological polar surface area (TPSA) is 9.23 Å². The van der Waals surface area contributed by atoms with Gasteiger partial charge in [0.25, 0.3) is 0 Å². The first kappa shape index (κ1) is 11.8. The normalized spacial score (nSPS) is 27.0. The van der Waals surface area contributed by atoms with E-state index >= 15 is 0 Å². The van der Waals surface area contributed by atoms with Gasteiger partial charge in [-0.1, -0.05) is 6.07 Å². The Labute approximate surface area is 98.4 Å². The van der Waals surface area contributed by atoms with Crippen molar-refractivity contribution in [2.75, 3.05) is 0 Å². The lowest BCUT2D eigenvalue weighted by Crippen LogP contribution is -2.15. The van der Waals surface area contributed by atoms with Gasteiger partial charge >= 0.3 is 0 Å². The number of ether oxygens (including phenoxy) is 1. The molecule has 1 nitrogen and oxygen atoms in total. The Morgan fingerprint density at radius 1 is 1.38 bits per heavy atom. The van der Waals surface area contributed by atoms with Gasteiger partial charge in [0.15, 0.2) is 0 Å². The summed E-state index contributed by atoms with van der Waals surface area (Å²) in [7, 11) is 0. The van der Waals surface area contributed by atoms with Crippen molar-refractivity contribution < 1.29 is 13.5 Å². The maximum Gasteiger partial charge on any atom is 0.130 e. The van der Waals surface area contributed by atoms with E-state index in [4.69, 9.17) is 16.3 Å². The van der Waals surface area contributed by atoms with E-state index in [2.05, 4.69) is 0 Å². The van der Waals surface area contributed by atoms with E-state index in [1.807, 2.05) is 6.92 Å². The summed E-state index contributed by atoms with van der Waals surface area (Å²) in [6, 6.07) is 3.45. The second-order valence-electron chi connectivity index (χ2n) is 4.13. The number of hydrogen-bond donors (Lipinski definition) is 0. The fourth-order valence-electron chi connectivity index (χ4n) is 1.97. The van der Waals surface area contributed by atoms with Gasteiger partial charge in [0, 0.05) is 11.6 Å². The number of rotatable bonds is 2.